The lowest BCUT2D eigenvalue weighted by atomic mass is 10.2. The molecule has 0 atom stereocenters. The van der Waals surface area contributed by atoms with Crippen LogP contribution in [0.2, 0.25) is 0 Å². The van der Waals surface area contributed by atoms with Crippen molar-refractivity contribution in [2.45, 2.75) is 6.92 Å². The van der Waals surface area contributed by atoms with Crippen LogP contribution in [0.3, 0.4) is 0 Å². The molecule has 0 saturated heterocycles. The lowest BCUT2D eigenvalue weighted by molar-refractivity contribution is 0.448. The smallest absolute Gasteiger partial charge is 0.150 e. The molecule has 1 rings (SSSR count). The molecule has 84 valence electrons. The van der Waals surface area contributed by atoms with Gasteiger partial charge < -0.3 is 0 Å². The van der Waals surface area contributed by atoms with Gasteiger partial charge in [-0.1, -0.05) is 30.3 Å². The van der Waals surface area contributed by atoms with Crippen molar-refractivity contribution in [1.29, 1.82) is 10.5 Å². The summed E-state index contributed by atoms with van der Waals surface area (Å²) in [4.78, 5) is 0. The lowest BCUT2D eigenvalue weighted by Gasteiger charge is -2.12. The van der Waals surface area contributed by atoms with Crippen LogP contribution in [0.1, 0.15) is 12.5 Å². The molecule has 0 bridgehead atoms. The second-order valence-electron chi connectivity index (χ2n) is 3.36. The molecule has 0 saturated carbocycles. The summed E-state index contributed by atoms with van der Waals surface area (Å²) in [5.74, 6) is 0. The fraction of sp³-hybridized carbons (Fsp3) is 0.154. The third kappa shape index (κ3) is 3.48. The van der Waals surface area contributed by atoms with E-state index < -0.39 is 0 Å². The lowest BCUT2D eigenvalue weighted by Crippen LogP contribution is -2.10. The maximum Gasteiger partial charge on any atom is 0.150 e. The largest absolute Gasteiger partial charge is 0.271 e. The topological polar surface area (TPSA) is 63.2 Å². The molecule has 0 fully saturated rings. The molecule has 0 radical (unpaired) electrons. The molecule has 0 unspecified atom stereocenters. The molecule has 0 aliphatic heterocycles. The van der Waals surface area contributed by atoms with Crippen LogP contribution in [0.25, 0.3) is 0 Å². The second-order valence-corrected chi connectivity index (χ2v) is 3.36. The highest BCUT2D eigenvalue weighted by Crippen LogP contribution is 2.07. The summed E-state index contributed by atoms with van der Waals surface area (Å²) in [5.41, 5.74) is 1.56. The van der Waals surface area contributed by atoms with E-state index in [2.05, 4.69) is 5.10 Å². The normalized spacial score (nSPS) is 9.41. The van der Waals surface area contributed by atoms with E-state index in [4.69, 9.17) is 10.5 Å². The van der Waals surface area contributed by atoms with Crippen molar-refractivity contribution in [1.82, 2.24) is 5.01 Å². The molecular formula is C13H12N4. The van der Waals surface area contributed by atoms with Gasteiger partial charge in [0.25, 0.3) is 0 Å². The fourth-order valence-corrected chi connectivity index (χ4v) is 1.13. The molecule has 0 spiro atoms. The molecule has 1 aromatic rings. The minimum atomic E-state index is 0.0673. The first kappa shape index (κ1) is 12.5. The Hall–Kier alpha value is -2.59. The van der Waals surface area contributed by atoms with E-state index in [0.717, 1.165) is 5.56 Å². The zero-order valence-corrected chi connectivity index (χ0v) is 9.75. The van der Waals surface area contributed by atoms with Crippen LogP contribution >= 0.6 is 0 Å². The molecule has 0 heterocycles. The van der Waals surface area contributed by atoms with Crippen LogP contribution in [-0.4, -0.2) is 18.3 Å². The van der Waals surface area contributed by atoms with Crippen molar-refractivity contribution in [3.63, 3.8) is 0 Å². The summed E-state index contributed by atoms with van der Waals surface area (Å²) in [6.45, 7) is 1.68. The number of hydrogen-bond acceptors (Lipinski definition) is 4. The molecule has 4 nitrogen and oxygen atoms in total. The number of rotatable bonds is 3. The third-order valence-electron chi connectivity index (χ3n) is 2.25. The van der Waals surface area contributed by atoms with Gasteiger partial charge in [-0.05, 0) is 12.5 Å². The summed E-state index contributed by atoms with van der Waals surface area (Å²) in [7, 11) is 1.70. The molecule has 0 aliphatic carbocycles. The van der Waals surface area contributed by atoms with Gasteiger partial charge in [-0.25, -0.2) is 0 Å². The average molecular weight is 224 g/mol. The molecule has 0 aliphatic rings. The average Bonchev–Trinajstić information content (AvgIpc) is 2.38. The van der Waals surface area contributed by atoms with Crippen molar-refractivity contribution >= 4 is 6.21 Å². The minimum Gasteiger partial charge on any atom is -0.271 e. The van der Waals surface area contributed by atoms with E-state index in [0.29, 0.717) is 5.70 Å². The van der Waals surface area contributed by atoms with Gasteiger partial charge in [0, 0.05) is 7.05 Å². The van der Waals surface area contributed by atoms with Crippen LogP contribution in [0, 0.1) is 22.7 Å². The van der Waals surface area contributed by atoms with Crippen molar-refractivity contribution in [3.05, 3.63) is 47.2 Å². The Morgan fingerprint density at radius 1 is 1.24 bits per heavy atom. The van der Waals surface area contributed by atoms with Gasteiger partial charge in [-0.3, -0.25) is 5.01 Å². The molecule has 0 N–H and O–H groups in total. The van der Waals surface area contributed by atoms with Gasteiger partial charge in [0.2, 0.25) is 0 Å². The van der Waals surface area contributed by atoms with Crippen molar-refractivity contribution in [3.8, 4) is 12.1 Å². The highest BCUT2D eigenvalue weighted by Gasteiger charge is 2.04. The van der Waals surface area contributed by atoms with Crippen LogP contribution in [0.5, 0.6) is 0 Å². The minimum absolute atomic E-state index is 0.0673. The van der Waals surface area contributed by atoms with Gasteiger partial charge in [0.15, 0.2) is 0 Å². The van der Waals surface area contributed by atoms with Gasteiger partial charge in [0.1, 0.15) is 17.7 Å². The first-order valence-electron chi connectivity index (χ1n) is 5.03. The standard InChI is InChI=1S/C13H12N4/c1-11(13(8-14)9-15)17(2)16-10-12-6-4-3-5-7-12/h3-7,10H,1-2H3/b16-10+. The molecule has 17 heavy (non-hydrogen) atoms. The maximum atomic E-state index is 8.72. The van der Waals surface area contributed by atoms with Crippen LogP contribution in [-0.2, 0) is 0 Å². The molecule has 1 aromatic carbocycles. The second kappa shape index (κ2) is 6.09. The molecule has 0 amide bonds. The first-order chi connectivity index (χ1) is 8.19. The molecule has 4 heteroatoms. The highest BCUT2D eigenvalue weighted by atomic mass is 15.4. The zero-order valence-electron chi connectivity index (χ0n) is 9.75. The molecule has 0 aromatic heterocycles. The summed E-state index contributed by atoms with van der Waals surface area (Å²) < 4.78 is 0. The van der Waals surface area contributed by atoms with E-state index >= 15 is 0 Å². The summed E-state index contributed by atoms with van der Waals surface area (Å²) in [5, 5.41) is 23.1. The van der Waals surface area contributed by atoms with Crippen LogP contribution < -0.4 is 0 Å². The Morgan fingerprint density at radius 3 is 2.35 bits per heavy atom. The summed E-state index contributed by atoms with van der Waals surface area (Å²) in [6.07, 6.45) is 1.68. The van der Waals surface area contributed by atoms with Crippen molar-refractivity contribution in [2.75, 3.05) is 7.05 Å². The number of allylic oxidation sites excluding steroid dienone is 2. The Kier molecular flexibility index (Phi) is 4.47. The molecular weight excluding hydrogens is 212 g/mol. The van der Waals surface area contributed by atoms with Crippen LogP contribution in [0.15, 0.2) is 46.7 Å². The Labute approximate surface area is 101 Å². The van der Waals surface area contributed by atoms with E-state index in [1.807, 2.05) is 42.5 Å². The highest BCUT2D eigenvalue weighted by molar-refractivity contribution is 5.79. The van der Waals surface area contributed by atoms with E-state index in [1.165, 1.54) is 5.01 Å². The number of benzene rings is 1. The quantitative estimate of drug-likeness (QED) is 0.449. The predicted molar refractivity (Wildman–Crippen MR) is 65.7 cm³/mol. The van der Waals surface area contributed by atoms with E-state index in [9.17, 15) is 0 Å². The Morgan fingerprint density at radius 2 is 1.82 bits per heavy atom. The van der Waals surface area contributed by atoms with Crippen molar-refractivity contribution < 1.29 is 0 Å². The number of hydrazone groups is 1. The predicted octanol–water partition coefficient (Wildman–Crippen LogP) is 2.27. The third-order valence-corrected chi connectivity index (χ3v) is 2.25. The van der Waals surface area contributed by atoms with Gasteiger partial charge in [-0.15, -0.1) is 0 Å². The van der Waals surface area contributed by atoms with Gasteiger partial charge >= 0.3 is 0 Å². The van der Waals surface area contributed by atoms with Crippen LogP contribution in [0.4, 0.5) is 0 Å². The zero-order chi connectivity index (χ0) is 12.7. The number of nitriles is 2. The summed E-state index contributed by atoms with van der Waals surface area (Å²) >= 11 is 0. The Balaban J connectivity index is 2.85. The van der Waals surface area contributed by atoms with Gasteiger partial charge in [0.05, 0.1) is 11.9 Å². The number of hydrogen-bond donors (Lipinski definition) is 0. The van der Waals surface area contributed by atoms with E-state index in [1.54, 1.807) is 20.2 Å². The fourth-order valence-electron chi connectivity index (χ4n) is 1.13. The number of nitrogens with zero attached hydrogens (tertiary/aromatic N) is 4. The SMILES string of the molecule is CC(=C(C#N)C#N)N(C)/N=C/c1ccccc1. The maximum absolute atomic E-state index is 8.72. The summed E-state index contributed by atoms with van der Waals surface area (Å²) in [6, 6.07) is 13.3. The monoisotopic (exact) mass is 224 g/mol. The van der Waals surface area contributed by atoms with Crippen molar-refractivity contribution in [2.24, 2.45) is 5.10 Å². The first-order valence-corrected chi connectivity index (χ1v) is 5.03. The Bertz CT molecular complexity index is 499. The van der Waals surface area contributed by atoms with E-state index in [-0.39, 0.29) is 5.57 Å². The van der Waals surface area contributed by atoms with Gasteiger partial charge in [-0.2, -0.15) is 15.6 Å².